The van der Waals surface area contributed by atoms with E-state index in [4.69, 9.17) is 18.9 Å². The molecule has 2 N–H and O–H groups in total. The summed E-state index contributed by atoms with van der Waals surface area (Å²) in [6.07, 6.45) is 3.14. The number of likely N-dealkylation sites (tertiary alicyclic amines) is 1. The fraction of sp³-hybridized carbons (Fsp3) is 0.692. The fourth-order valence-electron chi connectivity index (χ4n) is 5.46. The molecular formula is C26H38N2O8. The van der Waals surface area contributed by atoms with Crippen LogP contribution >= 0.6 is 0 Å². The zero-order chi connectivity index (χ0) is 25.5. The molecule has 10 nitrogen and oxygen atoms in total. The van der Waals surface area contributed by atoms with Crippen molar-refractivity contribution in [1.29, 1.82) is 0 Å². The number of aliphatic carboxylic acids is 1. The lowest BCUT2D eigenvalue weighted by Crippen LogP contribution is -2.45. The Morgan fingerprint density at radius 3 is 2.56 bits per heavy atom. The zero-order valence-electron chi connectivity index (χ0n) is 21.0. The van der Waals surface area contributed by atoms with Gasteiger partial charge in [0.25, 0.3) is 0 Å². The minimum Gasteiger partial charge on any atom is -0.481 e. The molecule has 1 unspecified atom stereocenters. The van der Waals surface area contributed by atoms with E-state index in [1.165, 1.54) is 0 Å². The standard InChI is InChI=1S/C26H38N2O8/c1-2-3-9-27(10-4-11-29)23(30)16-28-15-19(18-5-7-21-22(14-18)36-17-35-21)25(26(31)32)20(28)6-8-24-33-12-13-34-24/h5,7,14,19-20,24-25,29H,2-4,6,8-13,15-17H2,1H3,(H,31,32)/t19-,20+,25?/m1/s1. The van der Waals surface area contributed by atoms with Crippen LogP contribution in [0.3, 0.4) is 0 Å². The number of amides is 1. The molecule has 200 valence electrons. The van der Waals surface area contributed by atoms with Crippen LogP contribution in [-0.2, 0) is 19.1 Å². The minimum absolute atomic E-state index is 0.0247. The summed E-state index contributed by atoms with van der Waals surface area (Å²) in [5.41, 5.74) is 0.864. The van der Waals surface area contributed by atoms with Crippen molar-refractivity contribution in [2.24, 2.45) is 5.92 Å². The van der Waals surface area contributed by atoms with E-state index in [9.17, 15) is 19.8 Å². The molecule has 0 bridgehead atoms. The SMILES string of the molecule is CCCCN(CCCO)C(=O)CN1C[C@H](c2ccc3c(c2)OCO3)C(C(=O)O)[C@@H]1CCC1OCCO1. The average Bonchev–Trinajstić information content (AvgIpc) is 3.62. The lowest BCUT2D eigenvalue weighted by atomic mass is 9.83. The van der Waals surface area contributed by atoms with Crippen LogP contribution in [0.2, 0.25) is 0 Å². The van der Waals surface area contributed by atoms with Gasteiger partial charge in [0.1, 0.15) is 0 Å². The van der Waals surface area contributed by atoms with Crippen LogP contribution in [0.5, 0.6) is 11.5 Å². The van der Waals surface area contributed by atoms with Gasteiger partial charge in [-0.25, -0.2) is 0 Å². The van der Waals surface area contributed by atoms with Crippen molar-refractivity contribution in [1.82, 2.24) is 9.80 Å². The Bertz CT molecular complexity index is 883. The first kappa shape index (κ1) is 26.7. The highest BCUT2D eigenvalue weighted by molar-refractivity contribution is 5.79. The zero-order valence-corrected chi connectivity index (χ0v) is 21.0. The summed E-state index contributed by atoms with van der Waals surface area (Å²) in [6.45, 7) is 5.03. The van der Waals surface area contributed by atoms with Gasteiger partial charge in [0.2, 0.25) is 12.7 Å². The Morgan fingerprint density at radius 2 is 1.83 bits per heavy atom. The van der Waals surface area contributed by atoms with E-state index in [-0.39, 0.29) is 44.1 Å². The number of aliphatic hydroxyl groups is 1. The minimum atomic E-state index is -0.881. The molecule has 4 rings (SSSR count). The second-order valence-electron chi connectivity index (χ2n) is 9.64. The van der Waals surface area contributed by atoms with Crippen molar-refractivity contribution >= 4 is 11.9 Å². The number of hydrogen-bond donors (Lipinski definition) is 2. The molecule has 0 aromatic heterocycles. The number of unbranched alkanes of at least 4 members (excludes halogenated alkanes) is 1. The second kappa shape index (κ2) is 12.7. The van der Waals surface area contributed by atoms with Crippen molar-refractivity contribution in [2.75, 3.05) is 52.8 Å². The summed E-state index contributed by atoms with van der Waals surface area (Å²) in [4.78, 5) is 29.8. The third kappa shape index (κ3) is 6.29. The van der Waals surface area contributed by atoms with Crippen LogP contribution in [0.25, 0.3) is 0 Å². The van der Waals surface area contributed by atoms with Gasteiger partial charge >= 0.3 is 5.97 Å². The van der Waals surface area contributed by atoms with E-state index >= 15 is 0 Å². The highest BCUT2D eigenvalue weighted by Crippen LogP contribution is 2.43. The first-order chi connectivity index (χ1) is 17.5. The lowest BCUT2D eigenvalue weighted by Gasteiger charge is -2.30. The van der Waals surface area contributed by atoms with Crippen molar-refractivity contribution in [2.45, 2.75) is 57.3 Å². The van der Waals surface area contributed by atoms with Crippen molar-refractivity contribution < 1.29 is 38.7 Å². The van der Waals surface area contributed by atoms with Gasteiger partial charge in [-0.1, -0.05) is 19.4 Å². The van der Waals surface area contributed by atoms with E-state index < -0.39 is 11.9 Å². The fourth-order valence-corrected chi connectivity index (χ4v) is 5.46. The smallest absolute Gasteiger partial charge is 0.308 e. The number of carbonyl (C=O) groups excluding carboxylic acids is 1. The first-order valence-electron chi connectivity index (χ1n) is 13.0. The summed E-state index contributed by atoms with van der Waals surface area (Å²) in [5.74, 6) is -0.647. The van der Waals surface area contributed by atoms with Crippen LogP contribution in [0.15, 0.2) is 18.2 Å². The maximum Gasteiger partial charge on any atom is 0.308 e. The Balaban J connectivity index is 1.55. The van der Waals surface area contributed by atoms with Crippen LogP contribution in [-0.4, -0.2) is 97.0 Å². The van der Waals surface area contributed by atoms with E-state index in [0.29, 0.717) is 63.6 Å². The number of carboxylic acid groups (broad SMARTS) is 1. The summed E-state index contributed by atoms with van der Waals surface area (Å²) in [5, 5.41) is 19.6. The molecular weight excluding hydrogens is 468 g/mol. The molecule has 3 aliphatic heterocycles. The number of carbonyl (C=O) groups is 2. The normalized spacial score (nSPS) is 23.9. The number of aliphatic hydroxyl groups excluding tert-OH is 1. The summed E-state index contributed by atoms with van der Waals surface area (Å²) in [6, 6.07) is 5.24. The molecule has 2 fully saturated rings. The molecule has 1 aromatic carbocycles. The van der Waals surface area contributed by atoms with Crippen LogP contribution in [0, 0.1) is 5.92 Å². The third-order valence-corrected chi connectivity index (χ3v) is 7.31. The van der Waals surface area contributed by atoms with Crippen molar-refractivity contribution in [3.05, 3.63) is 23.8 Å². The summed E-state index contributed by atoms with van der Waals surface area (Å²) in [7, 11) is 0. The van der Waals surface area contributed by atoms with Gasteiger partial charge < -0.3 is 34.1 Å². The quantitative estimate of drug-likeness (QED) is 0.414. The Morgan fingerprint density at radius 1 is 1.08 bits per heavy atom. The van der Waals surface area contributed by atoms with E-state index in [2.05, 4.69) is 6.92 Å². The monoisotopic (exact) mass is 506 g/mol. The number of ether oxygens (including phenoxy) is 4. The highest BCUT2D eigenvalue weighted by Gasteiger charge is 2.47. The lowest BCUT2D eigenvalue weighted by molar-refractivity contribution is -0.144. The third-order valence-electron chi connectivity index (χ3n) is 7.31. The number of nitrogens with zero attached hydrogens (tertiary/aromatic N) is 2. The van der Waals surface area contributed by atoms with Crippen molar-refractivity contribution in [3.8, 4) is 11.5 Å². The highest BCUT2D eigenvalue weighted by atomic mass is 16.7. The van der Waals surface area contributed by atoms with Crippen LogP contribution in [0.4, 0.5) is 0 Å². The van der Waals surface area contributed by atoms with Crippen molar-refractivity contribution in [3.63, 3.8) is 0 Å². The maximum atomic E-state index is 13.4. The topological polar surface area (TPSA) is 118 Å². The molecule has 0 saturated carbocycles. The van der Waals surface area contributed by atoms with Gasteiger partial charge in [0.15, 0.2) is 17.8 Å². The molecule has 0 aliphatic carbocycles. The van der Waals surface area contributed by atoms with E-state index in [0.717, 1.165) is 18.4 Å². The van der Waals surface area contributed by atoms with Gasteiger partial charge in [-0.2, -0.15) is 0 Å². The van der Waals surface area contributed by atoms with Gasteiger partial charge in [-0.15, -0.1) is 0 Å². The number of fused-ring (bicyclic) bond motifs is 1. The average molecular weight is 507 g/mol. The molecule has 1 aromatic rings. The largest absolute Gasteiger partial charge is 0.481 e. The van der Waals surface area contributed by atoms with Gasteiger partial charge in [0, 0.05) is 38.2 Å². The Kier molecular flexibility index (Phi) is 9.41. The van der Waals surface area contributed by atoms with Crippen LogP contribution in [0.1, 0.15) is 50.5 Å². The molecule has 36 heavy (non-hydrogen) atoms. The van der Waals surface area contributed by atoms with E-state index in [1.54, 1.807) is 4.90 Å². The number of benzene rings is 1. The second-order valence-corrected chi connectivity index (χ2v) is 9.64. The molecule has 3 atom stereocenters. The number of hydrogen-bond acceptors (Lipinski definition) is 8. The molecule has 0 radical (unpaired) electrons. The molecule has 2 saturated heterocycles. The first-order valence-corrected chi connectivity index (χ1v) is 13.0. The Hall–Kier alpha value is -2.40. The number of carboxylic acids is 1. The molecule has 3 aliphatic rings. The summed E-state index contributed by atoms with van der Waals surface area (Å²) >= 11 is 0. The molecule has 0 spiro atoms. The van der Waals surface area contributed by atoms with Gasteiger partial charge in [-0.05, 0) is 43.4 Å². The maximum absolute atomic E-state index is 13.4. The Labute approximate surface area is 212 Å². The number of rotatable bonds is 13. The molecule has 3 heterocycles. The van der Waals surface area contributed by atoms with Gasteiger partial charge in [0.05, 0.1) is 25.7 Å². The molecule has 10 heteroatoms. The predicted molar refractivity (Wildman–Crippen MR) is 130 cm³/mol. The summed E-state index contributed by atoms with van der Waals surface area (Å²) < 4.78 is 22.2. The molecule has 1 amide bonds. The van der Waals surface area contributed by atoms with Gasteiger partial charge in [-0.3, -0.25) is 14.5 Å². The predicted octanol–water partition coefficient (Wildman–Crippen LogP) is 2.05. The van der Waals surface area contributed by atoms with E-state index in [1.807, 2.05) is 23.1 Å². The van der Waals surface area contributed by atoms with Crippen LogP contribution < -0.4 is 9.47 Å².